The summed E-state index contributed by atoms with van der Waals surface area (Å²) in [5.74, 6) is -0.224. The van der Waals surface area contributed by atoms with E-state index in [9.17, 15) is 13.0 Å². The molecule has 0 aliphatic heterocycles. The minimum absolute atomic E-state index is 0.224. The van der Waals surface area contributed by atoms with Crippen LogP contribution in [0.4, 0.5) is 0 Å². The van der Waals surface area contributed by atoms with Crippen molar-refractivity contribution < 1.29 is 22.8 Å². The average molecular weight is 310 g/mol. The van der Waals surface area contributed by atoms with Gasteiger partial charge in [-0.1, -0.05) is 23.3 Å². The van der Waals surface area contributed by atoms with Crippen LogP contribution < -0.4 is 0 Å². The van der Waals surface area contributed by atoms with Gasteiger partial charge >= 0.3 is 7.60 Å². The highest BCUT2D eigenvalue weighted by Crippen LogP contribution is 2.36. The van der Waals surface area contributed by atoms with Crippen LogP contribution in [-0.4, -0.2) is 29.5 Å². The molecule has 0 aliphatic rings. The smallest absolute Gasteiger partial charge is 0.324 e. The topological polar surface area (TPSA) is 91.7 Å². The number of hydrogen-bond acceptors (Lipinski definition) is 3. The van der Waals surface area contributed by atoms with E-state index >= 15 is 0 Å². The number of hydrogen-bond donors (Lipinski definition) is 2. The molecular formula is C12H23O5PS. The molecule has 0 saturated heterocycles. The summed E-state index contributed by atoms with van der Waals surface area (Å²) in [5, 5.41) is 0. The van der Waals surface area contributed by atoms with Crippen LogP contribution in [0, 0.1) is 0 Å². The molecule has 0 fully saturated rings. The number of allylic oxidation sites excluding steroid dienone is 4. The fourth-order valence-electron chi connectivity index (χ4n) is 1.50. The SMILES string of the molecule is CC(C)=CCC/C(C)=C/CCS(=O)(=O)CP(=O)(O)O. The Hall–Kier alpha value is -0.420. The molecule has 0 aromatic heterocycles. The quantitative estimate of drug-likeness (QED) is 0.531. The van der Waals surface area contributed by atoms with E-state index in [0.717, 1.165) is 18.4 Å². The van der Waals surface area contributed by atoms with Gasteiger partial charge in [-0.15, -0.1) is 0 Å². The van der Waals surface area contributed by atoms with Gasteiger partial charge < -0.3 is 9.79 Å². The summed E-state index contributed by atoms with van der Waals surface area (Å²) < 4.78 is 33.4. The highest BCUT2D eigenvalue weighted by atomic mass is 32.2. The summed E-state index contributed by atoms with van der Waals surface area (Å²) >= 11 is 0. The Labute approximate surface area is 115 Å². The minimum atomic E-state index is -4.50. The molecule has 0 spiro atoms. The Morgan fingerprint density at radius 2 is 1.68 bits per heavy atom. The van der Waals surface area contributed by atoms with Gasteiger partial charge in [0.1, 0.15) is 0 Å². The Balaban J connectivity index is 4.20. The van der Waals surface area contributed by atoms with Gasteiger partial charge in [0.15, 0.2) is 15.3 Å². The van der Waals surface area contributed by atoms with Crippen molar-refractivity contribution in [1.82, 2.24) is 0 Å². The summed E-state index contributed by atoms with van der Waals surface area (Å²) in [6.07, 6.45) is 6.00. The lowest BCUT2D eigenvalue weighted by molar-refractivity contribution is 0.378. The molecule has 0 radical (unpaired) electrons. The molecule has 0 bridgehead atoms. The van der Waals surface area contributed by atoms with Crippen LogP contribution >= 0.6 is 7.60 Å². The van der Waals surface area contributed by atoms with E-state index in [1.54, 1.807) is 0 Å². The zero-order valence-corrected chi connectivity index (χ0v) is 13.4. The lowest BCUT2D eigenvalue weighted by atomic mass is 10.1. The normalized spacial score (nSPS) is 13.4. The first-order valence-corrected chi connectivity index (χ1v) is 9.68. The average Bonchev–Trinajstić information content (AvgIpc) is 2.12. The fraction of sp³-hybridized carbons (Fsp3) is 0.667. The van der Waals surface area contributed by atoms with E-state index in [-0.39, 0.29) is 5.75 Å². The molecule has 7 heteroatoms. The first-order chi connectivity index (χ1) is 8.52. The molecular weight excluding hydrogens is 287 g/mol. The predicted molar refractivity (Wildman–Crippen MR) is 77.7 cm³/mol. The van der Waals surface area contributed by atoms with Crippen molar-refractivity contribution >= 4 is 17.4 Å². The van der Waals surface area contributed by atoms with E-state index in [4.69, 9.17) is 9.79 Å². The molecule has 0 rings (SSSR count). The van der Waals surface area contributed by atoms with Gasteiger partial charge in [-0.3, -0.25) is 4.57 Å². The highest BCUT2D eigenvalue weighted by molar-refractivity contribution is 7.97. The highest BCUT2D eigenvalue weighted by Gasteiger charge is 2.23. The zero-order chi connectivity index (χ0) is 15.1. The van der Waals surface area contributed by atoms with Crippen LogP contribution in [0.15, 0.2) is 23.3 Å². The summed E-state index contributed by atoms with van der Waals surface area (Å²) in [6, 6.07) is 0. The molecule has 0 saturated carbocycles. The van der Waals surface area contributed by atoms with Crippen molar-refractivity contribution in [3.8, 4) is 0 Å². The van der Waals surface area contributed by atoms with Crippen LogP contribution in [0.2, 0.25) is 0 Å². The molecule has 0 aliphatic carbocycles. The molecule has 0 aromatic rings. The number of sulfone groups is 1. The first-order valence-electron chi connectivity index (χ1n) is 6.06. The molecule has 112 valence electrons. The lowest BCUT2D eigenvalue weighted by Gasteiger charge is -2.05. The van der Waals surface area contributed by atoms with Gasteiger partial charge in [0.2, 0.25) is 0 Å². The van der Waals surface area contributed by atoms with Crippen molar-refractivity contribution in [2.24, 2.45) is 0 Å². The van der Waals surface area contributed by atoms with Gasteiger partial charge in [-0.05, 0) is 40.0 Å². The Morgan fingerprint density at radius 1 is 1.11 bits per heavy atom. The first kappa shape index (κ1) is 18.6. The van der Waals surface area contributed by atoms with Gasteiger partial charge in [0.05, 0.1) is 5.75 Å². The molecule has 0 amide bonds. The van der Waals surface area contributed by atoms with Crippen LogP contribution in [0.3, 0.4) is 0 Å². The summed E-state index contributed by atoms with van der Waals surface area (Å²) in [5.41, 5.74) is 1.27. The van der Waals surface area contributed by atoms with Crippen molar-refractivity contribution in [2.45, 2.75) is 40.0 Å². The van der Waals surface area contributed by atoms with Gasteiger partial charge in [-0.25, -0.2) is 8.42 Å². The number of rotatable bonds is 8. The maximum atomic E-state index is 11.4. The van der Waals surface area contributed by atoms with Crippen LogP contribution in [-0.2, 0) is 14.4 Å². The van der Waals surface area contributed by atoms with Crippen LogP contribution in [0.5, 0.6) is 0 Å². The molecule has 0 unspecified atom stereocenters. The second kappa shape index (κ2) is 8.00. The van der Waals surface area contributed by atoms with Crippen molar-refractivity contribution in [2.75, 3.05) is 11.2 Å². The molecule has 2 N–H and O–H groups in total. The summed E-state index contributed by atoms with van der Waals surface area (Å²) in [7, 11) is -8.18. The maximum Gasteiger partial charge on any atom is 0.340 e. The van der Waals surface area contributed by atoms with Crippen LogP contribution in [0.1, 0.15) is 40.0 Å². The van der Waals surface area contributed by atoms with E-state index in [2.05, 4.69) is 6.08 Å². The third kappa shape index (κ3) is 12.4. The second-order valence-electron chi connectivity index (χ2n) is 4.90. The Morgan fingerprint density at radius 3 is 2.16 bits per heavy atom. The lowest BCUT2D eigenvalue weighted by Crippen LogP contribution is -2.10. The van der Waals surface area contributed by atoms with Crippen molar-refractivity contribution in [1.29, 1.82) is 0 Å². The Kier molecular flexibility index (Phi) is 7.82. The van der Waals surface area contributed by atoms with E-state index < -0.39 is 22.9 Å². The summed E-state index contributed by atoms with van der Waals surface area (Å²) in [6.45, 7) is 5.97. The zero-order valence-electron chi connectivity index (χ0n) is 11.7. The third-order valence-corrected chi connectivity index (χ3v) is 6.15. The van der Waals surface area contributed by atoms with Gasteiger partial charge in [0, 0.05) is 0 Å². The summed E-state index contributed by atoms with van der Waals surface area (Å²) in [4.78, 5) is 17.3. The fourth-order valence-corrected chi connectivity index (χ4v) is 4.54. The van der Waals surface area contributed by atoms with E-state index in [0.29, 0.717) is 6.42 Å². The Bertz CT molecular complexity index is 480. The monoisotopic (exact) mass is 310 g/mol. The standard InChI is InChI=1S/C12H23O5PS/c1-11(2)6-4-7-12(3)8-5-9-19(16,17)10-18(13,14)15/h6,8H,4-5,7,9-10H2,1-3H3,(H2,13,14,15)/b12-8+. The van der Waals surface area contributed by atoms with Gasteiger partial charge in [-0.2, -0.15) is 0 Å². The van der Waals surface area contributed by atoms with E-state index in [1.165, 1.54) is 5.57 Å². The third-order valence-electron chi connectivity index (χ3n) is 2.38. The minimum Gasteiger partial charge on any atom is -0.324 e. The molecule has 19 heavy (non-hydrogen) atoms. The van der Waals surface area contributed by atoms with E-state index in [1.807, 2.05) is 26.8 Å². The van der Waals surface area contributed by atoms with Crippen molar-refractivity contribution in [3.05, 3.63) is 23.3 Å². The van der Waals surface area contributed by atoms with Crippen molar-refractivity contribution in [3.63, 3.8) is 0 Å². The maximum absolute atomic E-state index is 11.4. The molecule has 0 atom stereocenters. The van der Waals surface area contributed by atoms with Gasteiger partial charge in [0.25, 0.3) is 0 Å². The molecule has 0 aromatic carbocycles. The van der Waals surface area contributed by atoms with Crippen LogP contribution in [0.25, 0.3) is 0 Å². The molecule has 0 heterocycles. The molecule has 5 nitrogen and oxygen atoms in total. The second-order valence-corrected chi connectivity index (χ2v) is 9.16. The largest absolute Gasteiger partial charge is 0.340 e. The predicted octanol–water partition coefficient (Wildman–Crippen LogP) is 2.62.